The summed E-state index contributed by atoms with van der Waals surface area (Å²) in [5, 5.41) is 0. The Morgan fingerprint density at radius 1 is 1.03 bits per heavy atom. The summed E-state index contributed by atoms with van der Waals surface area (Å²) in [7, 11) is -2.44. The van der Waals surface area contributed by atoms with Crippen molar-refractivity contribution in [2.45, 2.75) is 24.7 Å². The number of amides is 1. The molecular weight excluding hydrogens is 424 g/mol. The molecule has 7 heteroatoms. The van der Waals surface area contributed by atoms with Gasteiger partial charge in [0.1, 0.15) is 12.3 Å². The highest BCUT2D eigenvalue weighted by Gasteiger charge is 2.31. The van der Waals surface area contributed by atoms with Gasteiger partial charge >= 0.3 is 0 Å². The molecular formula is C25H26N2O4S. The zero-order chi connectivity index (χ0) is 22.7. The molecule has 0 bridgehead atoms. The number of anilines is 2. The predicted octanol–water partition coefficient (Wildman–Crippen LogP) is 4.18. The molecule has 4 rings (SSSR count). The van der Waals surface area contributed by atoms with Crippen LogP contribution >= 0.6 is 0 Å². The van der Waals surface area contributed by atoms with E-state index in [0.29, 0.717) is 23.5 Å². The summed E-state index contributed by atoms with van der Waals surface area (Å²) in [6.45, 7) is 2.08. The molecule has 0 atom stereocenters. The highest BCUT2D eigenvalue weighted by Crippen LogP contribution is 2.30. The minimum absolute atomic E-state index is 0.117. The van der Waals surface area contributed by atoms with Crippen molar-refractivity contribution in [3.05, 3.63) is 83.9 Å². The lowest BCUT2D eigenvalue weighted by Gasteiger charge is -2.32. The van der Waals surface area contributed by atoms with E-state index >= 15 is 0 Å². The summed E-state index contributed by atoms with van der Waals surface area (Å²) in [5.74, 6) is 0.353. The van der Waals surface area contributed by atoms with Gasteiger partial charge in [-0.25, -0.2) is 8.42 Å². The fourth-order valence-corrected chi connectivity index (χ4v) is 5.55. The fraction of sp³-hybridized carbons (Fsp3) is 0.240. The van der Waals surface area contributed by atoms with Crippen LogP contribution in [-0.2, 0) is 21.2 Å². The Labute approximate surface area is 189 Å². The Bertz CT molecular complexity index is 1230. The number of methoxy groups -OCH3 is 1. The number of aryl methyl sites for hydroxylation is 2. The van der Waals surface area contributed by atoms with E-state index in [1.54, 1.807) is 55.3 Å². The molecule has 3 aromatic rings. The molecule has 0 radical (unpaired) electrons. The van der Waals surface area contributed by atoms with E-state index in [4.69, 9.17) is 4.74 Å². The third kappa shape index (κ3) is 4.21. The number of carbonyl (C=O) groups excluding carboxylic acids is 1. The van der Waals surface area contributed by atoms with E-state index < -0.39 is 10.0 Å². The normalized spacial score (nSPS) is 13.4. The predicted molar refractivity (Wildman–Crippen MR) is 126 cm³/mol. The van der Waals surface area contributed by atoms with E-state index in [9.17, 15) is 13.2 Å². The zero-order valence-electron chi connectivity index (χ0n) is 18.2. The third-order valence-electron chi connectivity index (χ3n) is 5.69. The summed E-state index contributed by atoms with van der Waals surface area (Å²) in [6.07, 6.45) is 1.75. The Kier molecular flexibility index (Phi) is 6.19. The number of nitrogens with zero attached hydrogens (tertiary/aromatic N) is 2. The summed E-state index contributed by atoms with van der Waals surface area (Å²) in [4.78, 5) is 15.2. The first kappa shape index (κ1) is 21.9. The van der Waals surface area contributed by atoms with Crippen molar-refractivity contribution in [3.63, 3.8) is 0 Å². The first-order valence-corrected chi connectivity index (χ1v) is 12.0. The molecule has 0 aliphatic carbocycles. The number of fused-ring (bicyclic) bond motifs is 1. The SMILES string of the molecule is COc1ccc(S(=O)(=O)N(CC(=O)N2CCCc3ccccc32)c2ccccc2)cc1C. The van der Waals surface area contributed by atoms with Crippen molar-refractivity contribution in [1.29, 1.82) is 0 Å². The molecule has 0 fully saturated rings. The van der Waals surface area contributed by atoms with E-state index in [-0.39, 0.29) is 17.3 Å². The monoisotopic (exact) mass is 450 g/mol. The van der Waals surface area contributed by atoms with Crippen LogP contribution in [0.1, 0.15) is 17.5 Å². The molecule has 0 saturated heterocycles. The molecule has 6 nitrogen and oxygen atoms in total. The van der Waals surface area contributed by atoms with E-state index in [0.717, 1.165) is 24.1 Å². The van der Waals surface area contributed by atoms with Gasteiger partial charge in [0.25, 0.3) is 10.0 Å². The number of para-hydroxylation sites is 2. The first-order chi connectivity index (χ1) is 15.4. The van der Waals surface area contributed by atoms with Gasteiger partial charge in [0.05, 0.1) is 17.7 Å². The summed E-state index contributed by atoms with van der Waals surface area (Å²) in [6, 6.07) is 21.2. The first-order valence-electron chi connectivity index (χ1n) is 10.5. The number of hydrogen-bond donors (Lipinski definition) is 0. The van der Waals surface area contributed by atoms with Crippen LogP contribution in [0.4, 0.5) is 11.4 Å². The van der Waals surface area contributed by atoms with Crippen molar-refractivity contribution < 1.29 is 17.9 Å². The van der Waals surface area contributed by atoms with Crippen LogP contribution in [0.15, 0.2) is 77.7 Å². The smallest absolute Gasteiger partial charge is 0.264 e. The van der Waals surface area contributed by atoms with E-state index in [1.807, 2.05) is 30.3 Å². The molecule has 32 heavy (non-hydrogen) atoms. The lowest BCUT2D eigenvalue weighted by atomic mass is 10.0. The summed E-state index contributed by atoms with van der Waals surface area (Å²) < 4.78 is 33.8. The second-order valence-electron chi connectivity index (χ2n) is 7.76. The highest BCUT2D eigenvalue weighted by molar-refractivity contribution is 7.92. The molecule has 1 amide bonds. The molecule has 0 saturated carbocycles. The van der Waals surface area contributed by atoms with Crippen LogP contribution < -0.4 is 13.9 Å². The average Bonchev–Trinajstić information content (AvgIpc) is 2.82. The molecule has 0 spiro atoms. The van der Waals surface area contributed by atoms with Crippen LogP contribution in [0, 0.1) is 6.92 Å². The van der Waals surface area contributed by atoms with Crippen molar-refractivity contribution in [1.82, 2.24) is 0 Å². The topological polar surface area (TPSA) is 66.9 Å². The molecule has 1 aliphatic rings. The number of benzene rings is 3. The number of hydrogen-bond acceptors (Lipinski definition) is 4. The number of ether oxygens (including phenoxy) is 1. The highest BCUT2D eigenvalue weighted by atomic mass is 32.2. The molecule has 3 aromatic carbocycles. The van der Waals surface area contributed by atoms with Crippen molar-refractivity contribution >= 4 is 27.3 Å². The lowest BCUT2D eigenvalue weighted by Crippen LogP contribution is -2.45. The Hall–Kier alpha value is -3.32. The second-order valence-corrected chi connectivity index (χ2v) is 9.62. The van der Waals surface area contributed by atoms with Gasteiger partial charge in [-0.15, -0.1) is 0 Å². The minimum Gasteiger partial charge on any atom is -0.496 e. The standard InChI is InChI=1S/C25H26N2O4S/c1-19-17-22(14-15-24(19)31-2)32(29,30)27(21-11-4-3-5-12-21)18-25(28)26-16-8-10-20-9-6-7-13-23(20)26/h3-7,9,11-15,17H,8,10,16,18H2,1-2H3. The van der Waals surface area contributed by atoms with Gasteiger partial charge in [0, 0.05) is 12.2 Å². The van der Waals surface area contributed by atoms with Gasteiger partial charge in [-0.05, 0) is 67.3 Å². The maximum absolute atomic E-state index is 13.7. The Morgan fingerprint density at radius 3 is 2.47 bits per heavy atom. The number of rotatable bonds is 6. The molecule has 0 aromatic heterocycles. The minimum atomic E-state index is -3.98. The zero-order valence-corrected chi connectivity index (χ0v) is 19.0. The largest absolute Gasteiger partial charge is 0.496 e. The van der Waals surface area contributed by atoms with Crippen LogP contribution in [0.5, 0.6) is 5.75 Å². The maximum atomic E-state index is 13.7. The quantitative estimate of drug-likeness (QED) is 0.565. The Balaban J connectivity index is 1.71. The van der Waals surface area contributed by atoms with E-state index in [2.05, 4.69) is 0 Å². The summed E-state index contributed by atoms with van der Waals surface area (Å²) >= 11 is 0. The van der Waals surface area contributed by atoms with Gasteiger partial charge in [-0.3, -0.25) is 9.10 Å². The molecule has 1 aliphatic heterocycles. The molecule has 166 valence electrons. The summed E-state index contributed by atoms with van der Waals surface area (Å²) in [5.41, 5.74) is 3.11. The van der Waals surface area contributed by atoms with Gasteiger partial charge in [0.15, 0.2) is 0 Å². The van der Waals surface area contributed by atoms with Crippen LogP contribution in [0.25, 0.3) is 0 Å². The van der Waals surface area contributed by atoms with E-state index in [1.165, 1.54) is 10.4 Å². The third-order valence-corrected chi connectivity index (χ3v) is 7.46. The molecule has 0 N–H and O–H groups in total. The molecule has 1 heterocycles. The van der Waals surface area contributed by atoms with Crippen LogP contribution in [0.2, 0.25) is 0 Å². The second kappa shape index (κ2) is 9.04. The van der Waals surface area contributed by atoms with Crippen LogP contribution in [0.3, 0.4) is 0 Å². The van der Waals surface area contributed by atoms with Gasteiger partial charge in [-0.1, -0.05) is 36.4 Å². The van der Waals surface area contributed by atoms with Crippen molar-refractivity contribution in [2.75, 3.05) is 29.4 Å². The maximum Gasteiger partial charge on any atom is 0.264 e. The Morgan fingerprint density at radius 2 is 1.75 bits per heavy atom. The van der Waals surface area contributed by atoms with Crippen LogP contribution in [-0.4, -0.2) is 34.5 Å². The van der Waals surface area contributed by atoms with Gasteiger partial charge in [-0.2, -0.15) is 0 Å². The average molecular weight is 451 g/mol. The molecule has 0 unspecified atom stereocenters. The van der Waals surface area contributed by atoms with Crippen molar-refractivity contribution in [2.24, 2.45) is 0 Å². The number of carbonyl (C=O) groups is 1. The van der Waals surface area contributed by atoms with Gasteiger partial charge < -0.3 is 9.64 Å². The fourth-order valence-electron chi connectivity index (χ4n) is 4.05. The van der Waals surface area contributed by atoms with Gasteiger partial charge in [0.2, 0.25) is 5.91 Å². The number of sulfonamides is 1. The van der Waals surface area contributed by atoms with Crippen molar-refractivity contribution in [3.8, 4) is 5.75 Å². The lowest BCUT2D eigenvalue weighted by molar-refractivity contribution is -0.117.